The fourth-order valence-electron chi connectivity index (χ4n) is 1.61. The first-order valence-electron chi connectivity index (χ1n) is 5.67. The molecule has 1 aliphatic rings. The Morgan fingerprint density at radius 3 is 2.76 bits per heavy atom. The van der Waals surface area contributed by atoms with E-state index in [4.69, 9.17) is 0 Å². The molecule has 0 aromatic heterocycles. The molecule has 17 heavy (non-hydrogen) atoms. The van der Waals surface area contributed by atoms with Crippen LogP contribution in [0.25, 0.3) is 0 Å². The van der Waals surface area contributed by atoms with E-state index in [1.165, 1.54) is 6.07 Å². The molecular formula is C13H17FN2S. The van der Waals surface area contributed by atoms with Gasteiger partial charge < -0.3 is 5.32 Å². The van der Waals surface area contributed by atoms with E-state index >= 15 is 0 Å². The number of aliphatic imine (C=N–C) groups is 1. The average molecular weight is 252 g/mol. The lowest BCUT2D eigenvalue weighted by Gasteiger charge is -2.27. The van der Waals surface area contributed by atoms with Gasteiger partial charge in [0.05, 0.1) is 5.69 Å². The molecule has 0 unspecified atom stereocenters. The van der Waals surface area contributed by atoms with Gasteiger partial charge in [0.1, 0.15) is 5.82 Å². The maximum atomic E-state index is 13.6. The van der Waals surface area contributed by atoms with Crippen molar-refractivity contribution in [1.29, 1.82) is 0 Å². The number of aryl methyl sites for hydroxylation is 1. The Morgan fingerprint density at radius 1 is 1.41 bits per heavy atom. The maximum Gasteiger partial charge on any atom is 0.161 e. The van der Waals surface area contributed by atoms with Gasteiger partial charge in [-0.15, -0.1) is 0 Å². The van der Waals surface area contributed by atoms with E-state index in [0.717, 1.165) is 23.0 Å². The van der Waals surface area contributed by atoms with Crippen LogP contribution in [0.1, 0.15) is 19.4 Å². The number of hydrogen-bond acceptors (Lipinski definition) is 3. The van der Waals surface area contributed by atoms with Gasteiger partial charge in [0.2, 0.25) is 0 Å². The number of thioether (sulfide) groups is 1. The SMILES string of the molecule is Cc1cccc(F)c1NC1=NCC(C)(C)CS1. The second-order valence-electron chi connectivity index (χ2n) is 5.13. The maximum absolute atomic E-state index is 13.6. The van der Waals surface area contributed by atoms with Crippen LogP contribution in [-0.4, -0.2) is 17.5 Å². The lowest BCUT2D eigenvalue weighted by molar-refractivity contribution is 0.438. The van der Waals surface area contributed by atoms with Crippen LogP contribution in [0, 0.1) is 18.2 Å². The molecule has 0 amide bonds. The molecule has 1 aromatic carbocycles. The van der Waals surface area contributed by atoms with E-state index in [9.17, 15) is 4.39 Å². The number of amidine groups is 1. The van der Waals surface area contributed by atoms with Gasteiger partial charge in [-0.1, -0.05) is 37.7 Å². The summed E-state index contributed by atoms with van der Waals surface area (Å²) in [4.78, 5) is 4.46. The van der Waals surface area contributed by atoms with Crippen LogP contribution in [-0.2, 0) is 0 Å². The summed E-state index contributed by atoms with van der Waals surface area (Å²) >= 11 is 1.65. The molecule has 2 rings (SSSR count). The van der Waals surface area contributed by atoms with Crippen molar-refractivity contribution in [2.45, 2.75) is 20.8 Å². The molecule has 0 bridgehead atoms. The number of anilines is 1. The first-order valence-corrected chi connectivity index (χ1v) is 6.66. The van der Waals surface area contributed by atoms with Crippen molar-refractivity contribution in [2.24, 2.45) is 10.4 Å². The van der Waals surface area contributed by atoms with E-state index in [0.29, 0.717) is 5.69 Å². The molecule has 4 heteroatoms. The predicted octanol–water partition coefficient (Wildman–Crippen LogP) is 3.68. The fourth-order valence-corrected chi connectivity index (χ4v) is 2.56. The molecule has 1 aliphatic heterocycles. The summed E-state index contributed by atoms with van der Waals surface area (Å²) in [6, 6.07) is 5.07. The lowest BCUT2D eigenvalue weighted by atomic mass is 9.97. The third kappa shape index (κ3) is 3.00. The van der Waals surface area contributed by atoms with Gasteiger partial charge in [-0.3, -0.25) is 4.99 Å². The smallest absolute Gasteiger partial charge is 0.161 e. The summed E-state index contributed by atoms with van der Waals surface area (Å²) in [6.07, 6.45) is 0. The minimum absolute atomic E-state index is 0.224. The average Bonchev–Trinajstić information content (AvgIpc) is 2.26. The van der Waals surface area contributed by atoms with Crippen LogP contribution in [0.15, 0.2) is 23.2 Å². The van der Waals surface area contributed by atoms with E-state index in [2.05, 4.69) is 24.2 Å². The highest BCUT2D eigenvalue weighted by atomic mass is 32.2. The van der Waals surface area contributed by atoms with Crippen LogP contribution in [0.3, 0.4) is 0 Å². The first kappa shape index (κ1) is 12.4. The van der Waals surface area contributed by atoms with E-state index in [1.54, 1.807) is 17.8 Å². The van der Waals surface area contributed by atoms with Gasteiger partial charge in [0, 0.05) is 12.3 Å². The molecule has 0 aliphatic carbocycles. The topological polar surface area (TPSA) is 24.4 Å². The van der Waals surface area contributed by atoms with Gasteiger partial charge in [-0.25, -0.2) is 4.39 Å². The van der Waals surface area contributed by atoms with Crippen molar-refractivity contribution >= 4 is 22.6 Å². The third-order valence-corrected chi connectivity index (χ3v) is 4.13. The number of rotatable bonds is 1. The molecule has 0 spiro atoms. The first-order chi connectivity index (χ1) is 7.98. The van der Waals surface area contributed by atoms with Crippen LogP contribution >= 0.6 is 11.8 Å². The fraction of sp³-hybridized carbons (Fsp3) is 0.462. The van der Waals surface area contributed by atoms with Gasteiger partial charge in [-0.2, -0.15) is 0 Å². The van der Waals surface area contributed by atoms with Crippen molar-refractivity contribution in [2.75, 3.05) is 17.6 Å². The molecule has 2 nitrogen and oxygen atoms in total. The summed E-state index contributed by atoms with van der Waals surface area (Å²) in [6.45, 7) is 7.06. The number of nitrogens with one attached hydrogen (secondary N) is 1. The van der Waals surface area contributed by atoms with E-state index < -0.39 is 0 Å². The Kier molecular flexibility index (Phi) is 3.43. The number of halogens is 1. The largest absolute Gasteiger partial charge is 0.332 e. The molecule has 1 heterocycles. The van der Waals surface area contributed by atoms with Crippen molar-refractivity contribution < 1.29 is 4.39 Å². The second kappa shape index (κ2) is 4.69. The zero-order valence-electron chi connectivity index (χ0n) is 10.4. The Balaban J connectivity index is 2.15. The second-order valence-corrected chi connectivity index (χ2v) is 6.10. The normalized spacial score (nSPS) is 18.7. The van der Waals surface area contributed by atoms with E-state index in [1.807, 2.05) is 13.0 Å². The summed E-state index contributed by atoms with van der Waals surface area (Å²) in [5.41, 5.74) is 1.68. The van der Waals surface area contributed by atoms with Gasteiger partial charge in [0.15, 0.2) is 5.17 Å². The summed E-state index contributed by atoms with van der Waals surface area (Å²) in [5.74, 6) is 0.782. The zero-order valence-corrected chi connectivity index (χ0v) is 11.2. The molecule has 0 fully saturated rings. The van der Waals surface area contributed by atoms with Gasteiger partial charge >= 0.3 is 0 Å². The molecular weight excluding hydrogens is 235 g/mol. The highest BCUT2D eigenvalue weighted by molar-refractivity contribution is 8.14. The van der Waals surface area contributed by atoms with Gasteiger partial charge in [-0.05, 0) is 24.0 Å². The highest BCUT2D eigenvalue weighted by Crippen LogP contribution is 2.29. The standard InChI is InChI=1S/C13H17FN2S/c1-9-5-4-6-10(14)11(9)16-12-15-7-13(2,3)8-17-12/h4-6H,7-8H2,1-3H3,(H,15,16). The van der Waals surface area contributed by atoms with Crippen LogP contribution < -0.4 is 5.32 Å². The van der Waals surface area contributed by atoms with Gasteiger partial charge in [0.25, 0.3) is 0 Å². The molecule has 0 radical (unpaired) electrons. The van der Waals surface area contributed by atoms with Crippen LogP contribution in [0.4, 0.5) is 10.1 Å². The Morgan fingerprint density at radius 2 is 2.18 bits per heavy atom. The molecule has 1 aromatic rings. The lowest BCUT2D eigenvalue weighted by Crippen LogP contribution is -2.27. The summed E-state index contributed by atoms with van der Waals surface area (Å²) in [7, 11) is 0. The van der Waals surface area contributed by atoms with Crippen molar-refractivity contribution in [3.8, 4) is 0 Å². The molecule has 0 saturated heterocycles. The van der Waals surface area contributed by atoms with Crippen molar-refractivity contribution in [3.05, 3.63) is 29.6 Å². The van der Waals surface area contributed by atoms with E-state index in [-0.39, 0.29) is 11.2 Å². The molecule has 92 valence electrons. The van der Waals surface area contributed by atoms with Crippen LogP contribution in [0.5, 0.6) is 0 Å². The number of benzene rings is 1. The number of nitrogens with zero attached hydrogens (tertiary/aromatic N) is 1. The molecule has 0 saturated carbocycles. The monoisotopic (exact) mass is 252 g/mol. The minimum Gasteiger partial charge on any atom is -0.332 e. The highest BCUT2D eigenvalue weighted by Gasteiger charge is 2.23. The Hall–Kier alpha value is -1.03. The summed E-state index contributed by atoms with van der Waals surface area (Å²) in [5, 5.41) is 3.91. The van der Waals surface area contributed by atoms with Crippen LogP contribution in [0.2, 0.25) is 0 Å². The molecule has 0 atom stereocenters. The minimum atomic E-state index is -0.224. The van der Waals surface area contributed by atoms with Crippen molar-refractivity contribution in [3.63, 3.8) is 0 Å². The number of para-hydroxylation sites is 1. The Labute approximate surface area is 106 Å². The third-order valence-electron chi connectivity index (χ3n) is 2.70. The zero-order chi connectivity index (χ0) is 12.5. The quantitative estimate of drug-likeness (QED) is 0.824. The summed E-state index contributed by atoms with van der Waals surface area (Å²) < 4.78 is 13.6. The van der Waals surface area contributed by atoms with Crippen molar-refractivity contribution in [1.82, 2.24) is 0 Å². The molecule has 1 N–H and O–H groups in total. The Bertz CT molecular complexity index is 434. The number of hydrogen-bond donors (Lipinski definition) is 1. The predicted molar refractivity (Wildman–Crippen MR) is 73.3 cm³/mol.